The predicted molar refractivity (Wildman–Crippen MR) is 84.1 cm³/mol. The summed E-state index contributed by atoms with van der Waals surface area (Å²) in [6.45, 7) is 0.583. The number of benzene rings is 2. The lowest BCUT2D eigenvalue weighted by atomic mass is 10.1. The summed E-state index contributed by atoms with van der Waals surface area (Å²) in [6, 6.07) is 7.34. The number of ether oxygens (including phenoxy) is 3. The van der Waals surface area contributed by atoms with Crippen LogP contribution in [-0.4, -0.2) is 24.1 Å². The third kappa shape index (κ3) is 3.60. The Kier molecular flexibility index (Phi) is 4.93. The van der Waals surface area contributed by atoms with Crippen LogP contribution >= 0.6 is 11.6 Å². The summed E-state index contributed by atoms with van der Waals surface area (Å²) in [5, 5.41) is 10.9. The molecule has 0 atom stereocenters. The number of hydrogen-bond acceptors (Lipinski definition) is 6. The van der Waals surface area contributed by atoms with Gasteiger partial charge in [0.05, 0.1) is 28.7 Å². The average molecular weight is 368 g/mol. The molecule has 1 aliphatic heterocycles. The van der Waals surface area contributed by atoms with Crippen LogP contribution in [0.3, 0.4) is 0 Å². The lowest BCUT2D eigenvalue weighted by Gasteiger charge is -2.14. The SMILES string of the molecule is O=C(Oc1ccc([N+](=O)[O-])cc1C1OCCO1)c1c(F)cccc1Cl. The van der Waals surface area contributed by atoms with E-state index < -0.39 is 28.6 Å². The van der Waals surface area contributed by atoms with Gasteiger partial charge in [0.2, 0.25) is 0 Å². The largest absolute Gasteiger partial charge is 0.422 e. The van der Waals surface area contributed by atoms with Crippen LogP contribution in [0.25, 0.3) is 0 Å². The Bertz CT molecular complexity index is 817. The minimum Gasteiger partial charge on any atom is -0.422 e. The van der Waals surface area contributed by atoms with Crippen LogP contribution < -0.4 is 4.74 Å². The van der Waals surface area contributed by atoms with E-state index in [1.807, 2.05) is 0 Å². The normalized spacial score (nSPS) is 14.5. The van der Waals surface area contributed by atoms with E-state index in [0.717, 1.165) is 12.1 Å². The molecule has 0 saturated carbocycles. The highest BCUT2D eigenvalue weighted by Gasteiger charge is 2.27. The molecular formula is C16H11ClFNO6. The number of carbonyl (C=O) groups excluding carboxylic acids is 1. The number of carbonyl (C=O) groups is 1. The average Bonchev–Trinajstić information content (AvgIpc) is 3.09. The Morgan fingerprint density at radius 3 is 2.64 bits per heavy atom. The first-order chi connectivity index (χ1) is 12.0. The van der Waals surface area contributed by atoms with E-state index in [4.69, 9.17) is 25.8 Å². The molecule has 0 amide bonds. The molecule has 1 aliphatic rings. The van der Waals surface area contributed by atoms with Gasteiger partial charge in [-0.15, -0.1) is 0 Å². The molecule has 0 bridgehead atoms. The van der Waals surface area contributed by atoms with Crippen LogP contribution in [-0.2, 0) is 9.47 Å². The molecule has 7 nitrogen and oxygen atoms in total. The Morgan fingerprint density at radius 1 is 1.28 bits per heavy atom. The Labute approximate surface area is 146 Å². The molecule has 0 unspecified atom stereocenters. The molecule has 0 spiro atoms. The monoisotopic (exact) mass is 367 g/mol. The molecule has 25 heavy (non-hydrogen) atoms. The van der Waals surface area contributed by atoms with Gasteiger partial charge in [0.25, 0.3) is 5.69 Å². The molecule has 1 saturated heterocycles. The Hall–Kier alpha value is -2.55. The van der Waals surface area contributed by atoms with Crippen molar-refractivity contribution in [3.8, 4) is 5.75 Å². The number of rotatable bonds is 4. The second kappa shape index (κ2) is 7.14. The second-order valence-corrected chi connectivity index (χ2v) is 5.45. The lowest BCUT2D eigenvalue weighted by molar-refractivity contribution is -0.385. The van der Waals surface area contributed by atoms with Gasteiger partial charge in [-0.3, -0.25) is 10.1 Å². The number of hydrogen-bond donors (Lipinski definition) is 0. The van der Waals surface area contributed by atoms with Crippen LogP contribution in [0, 0.1) is 15.9 Å². The van der Waals surface area contributed by atoms with Gasteiger partial charge in [0, 0.05) is 12.1 Å². The molecule has 2 aromatic rings. The maximum Gasteiger partial charge on any atom is 0.348 e. The van der Waals surface area contributed by atoms with Crippen molar-refractivity contribution in [2.75, 3.05) is 13.2 Å². The molecule has 0 radical (unpaired) electrons. The fourth-order valence-electron chi connectivity index (χ4n) is 2.31. The molecule has 1 fully saturated rings. The highest BCUT2D eigenvalue weighted by molar-refractivity contribution is 6.33. The van der Waals surface area contributed by atoms with E-state index in [-0.39, 0.29) is 22.0 Å². The van der Waals surface area contributed by atoms with Gasteiger partial charge >= 0.3 is 5.97 Å². The summed E-state index contributed by atoms with van der Waals surface area (Å²) in [6.07, 6.45) is -0.918. The lowest BCUT2D eigenvalue weighted by Crippen LogP contribution is -2.14. The summed E-state index contributed by atoms with van der Waals surface area (Å²) in [7, 11) is 0. The summed E-state index contributed by atoms with van der Waals surface area (Å²) >= 11 is 5.84. The molecule has 0 aromatic heterocycles. The molecule has 2 aromatic carbocycles. The van der Waals surface area contributed by atoms with Gasteiger partial charge in [0.1, 0.15) is 17.1 Å². The molecule has 0 aliphatic carbocycles. The van der Waals surface area contributed by atoms with Crippen molar-refractivity contribution in [2.45, 2.75) is 6.29 Å². The van der Waals surface area contributed by atoms with Crippen LogP contribution in [0.2, 0.25) is 5.02 Å². The minimum absolute atomic E-state index is 0.0400. The van der Waals surface area contributed by atoms with Crippen LogP contribution in [0.5, 0.6) is 5.75 Å². The van der Waals surface area contributed by atoms with Gasteiger partial charge in [0.15, 0.2) is 6.29 Å². The molecule has 3 rings (SSSR count). The zero-order chi connectivity index (χ0) is 18.0. The van der Waals surface area contributed by atoms with Gasteiger partial charge in [-0.05, 0) is 18.2 Å². The maximum atomic E-state index is 13.9. The minimum atomic E-state index is -1.03. The number of nitrogens with zero attached hydrogens (tertiary/aromatic N) is 1. The number of nitro groups is 1. The van der Waals surface area contributed by atoms with Crippen LogP contribution in [0.15, 0.2) is 36.4 Å². The quantitative estimate of drug-likeness (QED) is 0.355. The van der Waals surface area contributed by atoms with E-state index >= 15 is 0 Å². The Morgan fingerprint density at radius 2 is 2.00 bits per heavy atom. The zero-order valence-electron chi connectivity index (χ0n) is 12.6. The first-order valence-corrected chi connectivity index (χ1v) is 7.53. The molecule has 1 heterocycles. The zero-order valence-corrected chi connectivity index (χ0v) is 13.4. The topological polar surface area (TPSA) is 87.9 Å². The number of non-ortho nitro benzene ring substituents is 1. The number of halogens is 2. The smallest absolute Gasteiger partial charge is 0.348 e. The van der Waals surface area contributed by atoms with E-state index in [1.165, 1.54) is 24.3 Å². The first-order valence-electron chi connectivity index (χ1n) is 7.15. The summed E-state index contributed by atoms with van der Waals surface area (Å²) in [5.41, 5.74) is -0.493. The van der Waals surface area contributed by atoms with E-state index in [9.17, 15) is 19.3 Å². The van der Waals surface area contributed by atoms with Crippen LogP contribution in [0.4, 0.5) is 10.1 Å². The second-order valence-electron chi connectivity index (χ2n) is 5.04. The highest BCUT2D eigenvalue weighted by Crippen LogP contribution is 2.35. The predicted octanol–water partition coefficient (Wildman–Crippen LogP) is 3.65. The third-order valence-electron chi connectivity index (χ3n) is 3.45. The standard InChI is InChI=1S/C16H11ClFNO6/c17-11-2-1-3-12(18)14(11)15(20)25-13-5-4-9(19(21)22)8-10(13)16-23-6-7-24-16/h1-5,8,16H,6-7H2. The fourth-order valence-corrected chi connectivity index (χ4v) is 2.55. The van der Waals surface area contributed by atoms with Crippen molar-refractivity contribution >= 4 is 23.3 Å². The van der Waals surface area contributed by atoms with Crippen molar-refractivity contribution in [2.24, 2.45) is 0 Å². The van der Waals surface area contributed by atoms with Gasteiger partial charge in [-0.25, -0.2) is 9.18 Å². The molecule has 9 heteroatoms. The number of nitro benzene ring substituents is 1. The maximum absolute atomic E-state index is 13.9. The third-order valence-corrected chi connectivity index (χ3v) is 3.76. The van der Waals surface area contributed by atoms with Crippen molar-refractivity contribution in [3.63, 3.8) is 0 Å². The van der Waals surface area contributed by atoms with E-state index in [1.54, 1.807) is 0 Å². The van der Waals surface area contributed by atoms with Gasteiger partial charge in [-0.1, -0.05) is 17.7 Å². The molecule has 130 valence electrons. The van der Waals surface area contributed by atoms with Gasteiger partial charge in [-0.2, -0.15) is 0 Å². The first kappa shape index (κ1) is 17.3. The summed E-state index contributed by atoms with van der Waals surface area (Å²) < 4.78 is 29.7. The van der Waals surface area contributed by atoms with Crippen molar-refractivity contribution < 1.29 is 28.3 Å². The molecular weight excluding hydrogens is 357 g/mol. The summed E-state index contributed by atoms with van der Waals surface area (Å²) in [4.78, 5) is 22.6. The van der Waals surface area contributed by atoms with Crippen molar-refractivity contribution in [1.82, 2.24) is 0 Å². The van der Waals surface area contributed by atoms with Crippen molar-refractivity contribution in [3.05, 3.63) is 68.5 Å². The molecule has 0 N–H and O–H groups in total. The fraction of sp³-hybridized carbons (Fsp3) is 0.188. The van der Waals surface area contributed by atoms with E-state index in [0.29, 0.717) is 13.2 Å². The Balaban J connectivity index is 1.96. The number of esters is 1. The highest BCUT2D eigenvalue weighted by atomic mass is 35.5. The van der Waals surface area contributed by atoms with Crippen molar-refractivity contribution in [1.29, 1.82) is 0 Å². The summed E-state index contributed by atoms with van der Waals surface area (Å²) in [5.74, 6) is -1.91. The van der Waals surface area contributed by atoms with Crippen LogP contribution in [0.1, 0.15) is 22.2 Å². The van der Waals surface area contributed by atoms with Gasteiger partial charge < -0.3 is 14.2 Å². The van der Waals surface area contributed by atoms with E-state index in [2.05, 4.69) is 0 Å².